The second-order valence-corrected chi connectivity index (χ2v) is 6.30. The van der Waals surface area contributed by atoms with Crippen molar-refractivity contribution in [1.29, 1.82) is 0 Å². The van der Waals surface area contributed by atoms with Gasteiger partial charge in [-0.1, -0.05) is 30.3 Å². The summed E-state index contributed by atoms with van der Waals surface area (Å²) in [5.74, 6) is -0.549. The number of benzene rings is 1. The summed E-state index contributed by atoms with van der Waals surface area (Å²) in [7, 11) is 0. The maximum absolute atomic E-state index is 11.6. The lowest BCUT2D eigenvalue weighted by atomic mass is 10.0. The zero-order valence-electron chi connectivity index (χ0n) is 14.4. The molecule has 1 fully saturated rings. The summed E-state index contributed by atoms with van der Waals surface area (Å²) in [5, 5.41) is 4.32. The van der Waals surface area contributed by atoms with Crippen molar-refractivity contribution in [1.82, 2.24) is 9.78 Å². The molecule has 1 aromatic heterocycles. The minimum absolute atomic E-state index is 0.0646. The van der Waals surface area contributed by atoms with Crippen molar-refractivity contribution >= 4 is 11.9 Å². The van der Waals surface area contributed by atoms with E-state index in [0.717, 1.165) is 24.1 Å². The Balaban J connectivity index is 1.73. The molecule has 3 rings (SSSR count). The molecule has 25 heavy (non-hydrogen) atoms. The van der Waals surface area contributed by atoms with Crippen LogP contribution in [0, 0.1) is 0 Å². The molecule has 1 aliphatic carbocycles. The van der Waals surface area contributed by atoms with Gasteiger partial charge in [-0.3, -0.25) is 9.59 Å². The van der Waals surface area contributed by atoms with E-state index in [0.29, 0.717) is 6.61 Å². The lowest BCUT2D eigenvalue weighted by molar-refractivity contribution is -0.154. The molecule has 0 spiro atoms. The minimum atomic E-state index is -0.392. The molecule has 0 saturated heterocycles. The number of nitrogens with zero attached hydrogens (tertiary/aromatic N) is 2. The fourth-order valence-corrected chi connectivity index (χ4v) is 3.26. The Morgan fingerprint density at radius 3 is 2.56 bits per heavy atom. The fourth-order valence-electron chi connectivity index (χ4n) is 3.26. The predicted molar refractivity (Wildman–Crippen MR) is 91.1 cm³/mol. The maximum Gasteiger partial charge on any atom is 0.303 e. The van der Waals surface area contributed by atoms with Crippen LogP contribution in [0.2, 0.25) is 0 Å². The van der Waals surface area contributed by atoms with Crippen molar-refractivity contribution in [3.05, 3.63) is 53.9 Å². The van der Waals surface area contributed by atoms with Crippen molar-refractivity contribution in [3.63, 3.8) is 0 Å². The lowest BCUT2D eigenvalue weighted by Crippen LogP contribution is -2.32. The van der Waals surface area contributed by atoms with Crippen LogP contribution in [0.5, 0.6) is 0 Å². The molecule has 0 aliphatic heterocycles. The third-order valence-electron chi connectivity index (χ3n) is 4.45. The van der Waals surface area contributed by atoms with Crippen molar-refractivity contribution in [2.45, 2.75) is 51.4 Å². The molecular weight excluding hydrogens is 320 g/mol. The Hall–Kier alpha value is -2.47. The fraction of sp³-hybridized carbons (Fsp3) is 0.421. The van der Waals surface area contributed by atoms with Gasteiger partial charge in [0, 0.05) is 26.0 Å². The molecule has 2 aromatic rings. The zero-order valence-corrected chi connectivity index (χ0v) is 14.4. The number of esters is 1. The van der Waals surface area contributed by atoms with Crippen LogP contribution in [-0.2, 0) is 20.9 Å². The molecule has 3 atom stereocenters. The van der Waals surface area contributed by atoms with Crippen LogP contribution in [0.25, 0.3) is 0 Å². The zero-order chi connectivity index (χ0) is 17.8. The molecule has 1 aromatic carbocycles. The second-order valence-electron chi connectivity index (χ2n) is 6.30. The van der Waals surface area contributed by atoms with Crippen LogP contribution >= 0.6 is 0 Å². The summed E-state index contributed by atoms with van der Waals surface area (Å²) in [6, 6.07) is 11.7. The van der Waals surface area contributed by atoms with Gasteiger partial charge in [-0.15, -0.1) is 0 Å². The Morgan fingerprint density at radius 2 is 1.92 bits per heavy atom. The normalized spacial score (nSPS) is 22.7. The first kappa shape index (κ1) is 17.4. The third-order valence-corrected chi connectivity index (χ3v) is 4.45. The highest BCUT2D eigenvalue weighted by molar-refractivity contribution is 5.74. The van der Waals surface area contributed by atoms with E-state index in [1.54, 1.807) is 6.20 Å². The second kappa shape index (κ2) is 7.61. The Kier molecular flexibility index (Phi) is 5.28. The topological polar surface area (TPSA) is 70.4 Å². The first-order chi connectivity index (χ1) is 12.0. The number of carbonyl (C=O) groups is 2. The molecule has 1 heterocycles. The molecule has 0 N–H and O–H groups in total. The molecule has 0 bridgehead atoms. The van der Waals surface area contributed by atoms with Gasteiger partial charge in [-0.2, -0.15) is 5.10 Å². The van der Waals surface area contributed by atoms with E-state index in [4.69, 9.17) is 9.47 Å². The first-order valence-electron chi connectivity index (χ1n) is 8.44. The smallest absolute Gasteiger partial charge is 0.303 e. The third kappa shape index (κ3) is 4.14. The highest BCUT2D eigenvalue weighted by atomic mass is 16.6. The number of rotatable bonds is 5. The SMILES string of the molecule is CC(=O)O[C@H]1[C@@H](OCc2ccccc2)CC[C@@H]1c1ccn(C(C)=O)n1. The predicted octanol–water partition coefficient (Wildman–Crippen LogP) is 2.94. The van der Waals surface area contributed by atoms with Gasteiger partial charge in [0.05, 0.1) is 18.4 Å². The average Bonchev–Trinajstić information content (AvgIpc) is 3.20. The van der Waals surface area contributed by atoms with Gasteiger partial charge in [0.1, 0.15) is 6.10 Å². The van der Waals surface area contributed by atoms with Crippen molar-refractivity contribution < 1.29 is 19.1 Å². The standard InChI is InChI=1S/C19H22N2O4/c1-13(22)21-11-10-17(20-21)16-8-9-18(19(16)25-14(2)23)24-12-15-6-4-3-5-7-15/h3-7,10-11,16,18-19H,8-9,12H2,1-2H3/t16-,18+,19-/m1/s1. The van der Waals surface area contributed by atoms with Gasteiger partial charge in [-0.05, 0) is 24.5 Å². The molecule has 6 nitrogen and oxygen atoms in total. The molecule has 6 heteroatoms. The van der Waals surface area contributed by atoms with Crippen molar-refractivity contribution in [2.75, 3.05) is 0 Å². The number of aromatic nitrogens is 2. The molecule has 0 radical (unpaired) electrons. The van der Waals surface area contributed by atoms with Crippen molar-refractivity contribution in [2.24, 2.45) is 0 Å². The molecule has 0 unspecified atom stereocenters. The number of hydrogen-bond acceptors (Lipinski definition) is 5. The van der Waals surface area contributed by atoms with Crippen LogP contribution in [0.15, 0.2) is 42.6 Å². The molecule has 132 valence electrons. The van der Waals surface area contributed by atoms with Crippen LogP contribution in [0.4, 0.5) is 0 Å². The van der Waals surface area contributed by atoms with Crippen LogP contribution in [0.3, 0.4) is 0 Å². The van der Waals surface area contributed by atoms with Gasteiger partial charge < -0.3 is 9.47 Å². The molecule has 0 amide bonds. The summed E-state index contributed by atoms with van der Waals surface area (Å²) in [4.78, 5) is 23.0. The van der Waals surface area contributed by atoms with E-state index in [1.807, 2.05) is 36.4 Å². The van der Waals surface area contributed by atoms with E-state index in [1.165, 1.54) is 18.5 Å². The van der Waals surface area contributed by atoms with E-state index in [2.05, 4.69) is 5.10 Å². The Morgan fingerprint density at radius 1 is 1.16 bits per heavy atom. The number of carbonyl (C=O) groups excluding carboxylic acids is 2. The van der Waals surface area contributed by atoms with E-state index in [9.17, 15) is 9.59 Å². The minimum Gasteiger partial charge on any atom is -0.459 e. The first-order valence-corrected chi connectivity index (χ1v) is 8.44. The highest BCUT2D eigenvalue weighted by Gasteiger charge is 2.41. The molecular formula is C19H22N2O4. The van der Waals surface area contributed by atoms with E-state index in [-0.39, 0.29) is 23.9 Å². The number of hydrogen-bond donors (Lipinski definition) is 0. The summed E-state index contributed by atoms with van der Waals surface area (Å²) in [6.45, 7) is 3.33. The molecule has 1 saturated carbocycles. The summed E-state index contributed by atoms with van der Waals surface area (Å²) < 4.78 is 12.9. The van der Waals surface area contributed by atoms with E-state index >= 15 is 0 Å². The van der Waals surface area contributed by atoms with Crippen LogP contribution in [-0.4, -0.2) is 33.9 Å². The number of ether oxygens (including phenoxy) is 2. The van der Waals surface area contributed by atoms with Gasteiger partial charge in [0.15, 0.2) is 0 Å². The Bertz CT molecular complexity index is 741. The Labute approximate surface area is 146 Å². The lowest BCUT2D eigenvalue weighted by Gasteiger charge is -2.24. The monoisotopic (exact) mass is 342 g/mol. The quantitative estimate of drug-likeness (QED) is 0.781. The van der Waals surface area contributed by atoms with Crippen LogP contribution < -0.4 is 0 Å². The highest BCUT2D eigenvalue weighted by Crippen LogP contribution is 2.38. The van der Waals surface area contributed by atoms with Gasteiger partial charge in [0.25, 0.3) is 0 Å². The maximum atomic E-state index is 11.6. The van der Waals surface area contributed by atoms with Crippen molar-refractivity contribution in [3.8, 4) is 0 Å². The van der Waals surface area contributed by atoms with Crippen LogP contribution in [0.1, 0.15) is 48.7 Å². The summed E-state index contributed by atoms with van der Waals surface area (Å²) in [6.07, 6.45) is 2.64. The average molecular weight is 342 g/mol. The molecule has 1 aliphatic rings. The van der Waals surface area contributed by atoms with Gasteiger partial charge in [0.2, 0.25) is 5.91 Å². The largest absolute Gasteiger partial charge is 0.459 e. The van der Waals surface area contributed by atoms with Gasteiger partial charge in [-0.25, -0.2) is 4.68 Å². The van der Waals surface area contributed by atoms with E-state index < -0.39 is 6.10 Å². The summed E-state index contributed by atoms with van der Waals surface area (Å²) >= 11 is 0. The van der Waals surface area contributed by atoms with Gasteiger partial charge >= 0.3 is 5.97 Å². The summed E-state index contributed by atoms with van der Waals surface area (Å²) in [5.41, 5.74) is 1.83.